The van der Waals surface area contributed by atoms with E-state index >= 15 is 0 Å². The zero-order chi connectivity index (χ0) is 28.9. The normalized spacial score (nSPS) is 14.6. The molecule has 1 unspecified atom stereocenters. The van der Waals surface area contributed by atoms with Gasteiger partial charge in [0.2, 0.25) is 0 Å². The number of rotatable bonds is 8. The molecular formula is C32H27N3O5S. The van der Waals surface area contributed by atoms with Crippen LogP contribution in [0.4, 0.5) is 0 Å². The van der Waals surface area contributed by atoms with E-state index in [9.17, 15) is 14.9 Å². The number of benzene rings is 3. The Bertz CT molecular complexity index is 1870. The first kappa shape index (κ1) is 27.6. The van der Waals surface area contributed by atoms with Crippen molar-refractivity contribution >= 4 is 23.4 Å². The van der Waals surface area contributed by atoms with E-state index in [0.29, 0.717) is 44.3 Å². The van der Waals surface area contributed by atoms with E-state index in [4.69, 9.17) is 14.2 Å². The van der Waals surface area contributed by atoms with Crippen LogP contribution in [0.25, 0.3) is 6.08 Å². The summed E-state index contributed by atoms with van der Waals surface area (Å²) < 4.78 is 18.9. The molecule has 2 heterocycles. The molecule has 0 fully saturated rings. The summed E-state index contributed by atoms with van der Waals surface area (Å²) in [6.45, 7) is 4.26. The Morgan fingerprint density at radius 3 is 2.56 bits per heavy atom. The zero-order valence-electron chi connectivity index (χ0n) is 22.8. The minimum Gasteiger partial charge on any atom is -0.490 e. The second kappa shape index (κ2) is 12.1. The van der Waals surface area contributed by atoms with Crippen molar-refractivity contribution in [2.45, 2.75) is 26.5 Å². The van der Waals surface area contributed by atoms with Gasteiger partial charge >= 0.3 is 5.97 Å². The van der Waals surface area contributed by atoms with Gasteiger partial charge in [-0.3, -0.25) is 9.36 Å². The van der Waals surface area contributed by atoms with Crippen LogP contribution >= 0.6 is 11.3 Å². The van der Waals surface area contributed by atoms with E-state index in [0.717, 1.165) is 16.7 Å². The van der Waals surface area contributed by atoms with Crippen LogP contribution in [0.3, 0.4) is 0 Å². The molecule has 1 aromatic heterocycles. The Morgan fingerprint density at radius 2 is 1.83 bits per heavy atom. The molecular weight excluding hydrogens is 538 g/mol. The summed E-state index contributed by atoms with van der Waals surface area (Å²) in [6, 6.07) is 23.6. The van der Waals surface area contributed by atoms with Crippen molar-refractivity contribution in [2.75, 3.05) is 13.7 Å². The van der Waals surface area contributed by atoms with E-state index in [-0.39, 0.29) is 12.2 Å². The number of aromatic nitrogens is 1. The van der Waals surface area contributed by atoms with Gasteiger partial charge in [-0.1, -0.05) is 65.9 Å². The summed E-state index contributed by atoms with van der Waals surface area (Å²) in [4.78, 5) is 31.7. The smallest absolute Gasteiger partial charge is 0.338 e. The molecule has 1 atom stereocenters. The maximum atomic E-state index is 13.8. The van der Waals surface area contributed by atoms with Gasteiger partial charge in [0, 0.05) is 5.56 Å². The number of methoxy groups -OCH3 is 1. The highest BCUT2D eigenvalue weighted by molar-refractivity contribution is 7.07. The average molecular weight is 566 g/mol. The van der Waals surface area contributed by atoms with Gasteiger partial charge in [-0.2, -0.15) is 5.26 Å². The third-order valence-corrected chi connectivity index (χ3v) is 7.61. The summed E-state index contributed by atoms with van der Waals surface area (Å²) in [6.07, 6.45) is 1.78. The number of esters is 1. The van der Waals surface area contributed by atoms with Crippen LogP contribution in [-0.4, -0.2) is 24.3 Å². The molecule has 0 aliphatic carbocycles. The highest BCUT2D eigenvalue weighted by Gasteiger charge is 2.32. The number of carbonyl (C=O) groups is 1. The highest BCUT2D eigenvalue weighted by atomic mass is 32.1. The number of carbonyl (C=O) groups excluding carboxylic acids is 1. The Morgan fingerprint density at radius 1 is 1.07 bits per heavy atom. The van der Waals surface area contributed by atoms with Crippen LogP contribution in [0.5, 0.6) is 11.5 Å². The van der Waals surface area contributed by atoms with Crippen molar-refractivity contribution in [1.29, 1.82) is 5.26 Å². The van der Waals surface area contributed by atoms with Crippen molar-refractivity contribution in [3.63, 3.8) is 0 Å². The molecule has 5 rings (SSSR count). The molecule has 0 saturated heterocycles. The topological polar surface area (TPSA) is 103 Å². The molecule has 0 radical (unpaired) electrons. The van der Waals surface area contributed by atoms with Crippen molar-refractivity contribution in [3.8, 4) is 17.6 Å². The number of nitriles is 1. The quantitative estimate of drug-likeness (QED) is 0.296. The first-order chi connectivity index (χ1) is 19.9. The summed E-state index contributed by atoms with van der Waals surface area (Å²) in [5.74, 6) is 0.527. The number of fused-ring (bicyclic) bond motifs is 1. The third kappa shape index (κ3) is 5.55. The Labute approximate surface area is 240 Å². The summed E-state index contributed by atoms with van der Waals surface area (Å²) >= 11 is 1.25. The van der Waals surface area contributed by atoms with Gasteiger partial charge < -0.3 is 14.2 Å². The summed E-state index contributed by atoms with van der Waals surface area (Å²) in [5, 5.41) is 9.37. The molecule has 1 aliphatic heterocycles. The summed E-state index contributed by atoms with van der Waals surface area (Å²) in [7, 11) is 1.32. The van der Waals surface area contributed by atoms with E-state index in [2.05, 4.69) is 11.1 Å². The first-order valence-corrected chi connectivity index (χ1v) is 13.8. The number of ether oxygens (including phenoxy) is 3. The molecule has 0 N–H and O–H groups in total. The molecule has 0 spiro atoms. The molecule has 9 heteroatoms. The monoisotopic (exact) mass is 565 g/mol. The van der Waals surface area contributed by atoms with Crippen LogP contribution in [0.1, 0.15) is 42.1 Å². The number of allylic oxidation sites excluding steroid dienone is 1. The number of hydrogen-bond donors (Lipinski definition) is 0. The van der Waals surface area contributed by atoms with Crippen LogP contribution in [0.15, 0.2) is 93.9 Å². The van der Waals surface area contributed by atoms with E-state index < -0.39 is 12.0 Å². The molecule has 0 bridgehead atoms. The van der Waals surface area contributed by atoms with Crippen molar-refractivity contribution < 1.29 is 19.0 Å². The molecule has 206 valence electrons. The van der Waals surface area contributed by atoms with Crippen molar-refractivity contribution in [1.82, 2.24) is 4.57 Å². The van der Waals surface area contributed by atoms with Gasteiger partial charge in [0.05, 0.1) is 47.2 Å². The van der Waals surface area contributed by atoms with Gasteiger partial charge in [0.1, 0.15) is 6.61 Å². The van der Waals surface area contributed by atoms with Gasteiger partial charge in [-0.25, -0.2) is 9.79 Å². The Hall–Kier alpha value is -4.94. The molecule has 41 heavy (non-hydrogen) atoms. The van der Waals surface area contributed by atoms with Gasteiger partial charge in [0.15, 0.2) is 16.3 Å². The maximum Gasteiger partial charge on any atom is 0.338 e. The SMILES string of the molecule is CCOc1cc(C=c2sc3n(c2=O)C(c2ccccc2)C(C(=O)OC)=C(C)N=3)ccc1OCc1ccccc1C#N. The van der Waals surface area contributed by atoms with Crippen molar-refractivity contribution in [3.05, 3.63) is 126 Å². The van der Waals surface area contributed by atoms with Crippen molar-refractivity contribution in [2.24, 2.45) is 4.99 Å². The van der Waals surface area contributed by atoms with Crippen LogP contribution in [0.2, 0.25) is 0 Å². The van der Waals surface area contributed by atoms with Gasteiger partial charge in [-0.15, -0.1) is 0 Å². The fraction of sp³-hybridized carbons (Fsp3) is 0.188. The Kier molecular flexibility index (Phi) is 8.13. The van der Waals surface area contributed by atoms with Crippen LogP contribution in [0, 0.1) is 11.3 Å². The number of thiazole rings is 1. The molecule has 1 aliphatic rings. The largest absolute Gasteiger partial charge is 0.490 e. The standard InChI is InChI=1S/C32H27N3O5S/c1-4-39-26-16-21(14-15-25(26)40-19-24-13-9-8-12-23(24)18-33)17-27-30(36)35-29(22-10-6-5-7-11-22)28(31(37)38-3)20(2)34-32(35)41-27/h5-17,29H,4,19H2,1-3H3. The second-order valence-corrected chi connectivity index (χ2v) is 10.2. The molecule has 8 nitrogen and oxygen atoms in total. The summed E-state index contributed by atoms with van der Waals surface area (Å²) in [5.41, 5.74) is 3.43. The lowest BCUT2D eigenvalue weighted by atomic mass is 9.96. The molecule has 0 amide bonds. The third-order valence-electron chi connectivity index (χ3n) is 6.63. The average Bonchev–Trinajstić information content (AvgIpc) is 3.30. The predicted octanol–water partition coefficient (Wildman–Crippen LogP) is 4.26. The number of hydrogen-bond acceptors (Lipinski definition) is 8. The highest BCUT2D eigenvalue weighted by Crippen LogP contribution is 2.31. The molecule has 4 aromatic rings. The predicted molar refractivity (Wildman–Crippen MR) is 155 cm³/mol. The maximum absolute atomic E-state index is 13.8. The van der Waals surface area contributed by atoms with E-state index in [1.54, 1.807) is 29.7 Å². The van der Waals surface area contributed by atoms with E-state index in [1.165, 1.54) is 18.4 Å². The first-order valence-electron chi connectivity index (χ1n) is 13.0. The minimum atomic E-state index is -0.659. The minimum absolute atomic E-state index is 0.211. The fourth-order valence-electron chi connectivity index (χ4n) is 4.71. The Balaban J connectivity index is 1.54. The van der Waals surface area contributed by atoms with E-state index in [1.807, 2.05) is 67.6 Å². The van der Waals surface area contributed by atoms with Crippen LogP contribution < -0.4 is 24.4 Å². The lowest BCUT2D eigenvalue weighted by Crippen LogP contribution is -2.39. The fourth-order valence-corrected chi connectivity index (χ4v) is 5.75. The van der Waals surface area contributed by atoms with Gasteiger partial charge in [0.25, 0.3) is 5.56 Å². The molecule has 0 saturated carbocycles. The van der Waals surface area contributed by atoms with Gasteiger partial charge in [-0.05, 0) is 49.2 Å². The number of nitrogens with zero attached hydrogens (tertiary/aromatic N) is 3. The lowest BCUT2D eigenvalue weighted by Gasteiger charge is -2.24. The molecule has 3 aromatic carbocycles. The zero-order valence-corrected chi connectivity index (χ0v) is 23.6. The second-order valence-electron chi connectivity index (χ2n) is 9.18. The van der Waals surface area contributed by atoms with Crippen LogP contribution in [-0.2, 0) is 16.1 Å². The lowest BCUT2D eigenvalue weighted by molar-refractivity contribution is -0.136.